The zero-order valence-corrected chi connectivity index (χ0v) is 11.2. The summed E-state index contributed by atoms with van der Waals surface area (Å²) in [6, 6.07) is 0.209. The van der Waals surface area contributed by atoms with Crippen LogP contribution in [0.15, 0.2) is 6.33 Å². The molecule has 1 unspecified atom stereocenters. The number of nitrogens with zero attached hydrogens (tertiary/aromatic N) is 5. The number of anilines is 2. The average Bonchev–Trinajstić information content (AvgIpc) is 2.74. The summed E-state index contributed by atoms with van der Waals surface area (Å²) in [5, 5.41) is 8.01. The number of rotatable bonds is 2. The van der Waals surface area contributed by atoms with Crippen molar-refractivity contribution in [2.75, 3.05) is 11.1 Å². The maximum atomic E-state index is 6.07. The minimum absolute atomic E-state index is 0.209. The number of nitrogens with one attached hydrogen (secondary N) is 1. The molecule has 1 atom stereocenters. The zero-order chi connectivity index (χ0) is 13.4. The third-order valence-corrected chi connectivity index (χ3v) is 3.49. The van der Waals surface area contributed by atoms with Crippen molar-refractivity contribution in [3.05, 3.63) is 23.0 Å². The molecule has 3 N–H and O–H groups in total. The SMILES string of the molecule is Cc1nc2n(n1)CC(Nc1ncnc(N)c1Cl)CC2. The van der Waals surface area contributed by atoms with Crippen LogP contribution in [0.5, 0.6) is 0 Å². The lowest BCUT2D eigenvalue weighted by Gasteiger charge is -2.24. The van der Waals surface area contributed by atoms with Gasteiger partial charge < -0.3 is 11.1 Å². The van der Waals surface area contributed by atoms with Gasteiger partial charge in [0.05, 0.1) is 6.54 Å². The Morgan fingerprint density at radius 2 is 2.32 bits per heavy atom. The van der Waals surface area contributed by atoms with E-state index in [-0.39, 0.29) is 11.9 Å². The Hall–Kier alpha value is -1.89. The van der Waals surface area contributed by atoms with Crippen LogP contribution in [-0.2, 0) is 13.0 Å². The van der Waals surface area contributed by atoms with Crippen molar-refractivity contribution in [1.82, 2.24) is 24.7 Å². The number of hydrogen-bond acceptors (Lipinski definition) is 6. The fraction of sp³-hybridized carbons (Fsp3) is 0.455. The van der Waals surface area contributed by atoms with Gasteiger partial charge in [-0.3, -0.25) is 0 Å². The predicted octanol–water partition coefficient (Wildman–Crippen LogP) is 1.04. The largest absolute Gasteiger partial charge is 0.382 e. The Labute approximate surface area is 115 Å². The zero-order valence-electron chi connectivity index (χ0n) is 10.5. The van der Waals surface area contributed by atoms with E-state index in [1.165, 1.54) is 6.33 Å². The van der Waals surface area contributed by atoms with Crippen LogP contribution in [0.25, 0.3) is 0 Å². The lowest BCUT2D eigenvalue weighted by Crippen LogP contribution is -2.32. The van der Waals surface area contributed by atoms with Gasteiger partial charge in [0.2, 0.25) is 0 Å². The van der Waals surface area contributed by atoms with E-state index in [9.17, 15) is 0 Å². The number of halogens is 1. The highest BCUT2D eigenvalue weighted by molar-refractivity contribution is 6.35. The molecule has 1 aliphatic heterocycles. The lowest BCUT2D eigenvalue weighted by atomic mass is 10.1. The second-order valence-electron chi connectivity index (χ2n) is 4.56. The van der Waals surface area contributed by atoms with Crippen LogP contribution >= 0.6 is 11.6 Å². The van der Waals surface area contributed by atoms with Crippen LogP contribution in [0.2, 0.25) is 5.02 Å². The summed E-state index contributed by atoms with van der Waals surface area (Å²) in [4.78, 5) is 12.3. The number of hydrogen-bond donors (Lipinski definition) is 2. The van der Waals surface area contributed by atoms with Gasteiger partial charge in [-0.15, -0.1) is 0 Å². The van der Waals surface area contributed by atoms with Crippen molar-refractivity contribution >= 4 is 23.2 Å². The molecule has 0 saturated carbocycles. The van der Waals surface area contributed by atoms with Crippen molar-refractivity contribution in [1.29, 1.82) is 0 Å². The van der Waals surface area contributed by atoms with Gasteiger partial charge in [0.15, 0.2) is 5.82 Å². The molecule has 2 aromatic heterocycles. The minimum atomic E-state index is 0.209. The summed E-state index contributed by atoms with van der Waals surface area (Å²) in [7, 11) is 0. The smallest absolute Gasteiger partial charge is 0.150 e. The van der Waals surface area contributed by atoms with Crippen molar-refractivity contribution < 1.29 is 0 Å². The van der Waals surface area contributed by atoms with E-state index < -0.39 is 0 Å². The van der Waals surface area contributed by atoms with Crippen molar-refractivity contribution in [2.45, 2.75) is 32.4 Å². The molecule has 3 heterocycles. The Balaban J connectivity index is 1.77. The van der Waals surface area contributed by atoms with Crippen LogP contribution < -0.4 is 11.1 Å². The first-order valence-electron chi connectivity index (χ1n) is 6.06. The summed E-state index contributed by atoms with van der Waals surface area (Å²) < 4.78 is 1.93. The van der Waals surface area contributed by atoms with Crippen molar-refractivity contribution in [3.63, 3.8) is 0 Å². The maximum Gasteiger partial charge on any atom is 0.150 e. The van der Waals surface area contributed by atoms with E-state index in [2.05, 4.69) is 25.4 Å². The Kier molecular flexibility index (Phi) is 2.98. The highest BCUT2D eigenvalue weighted by Crippen LogP contribution is 2.25. The van der Waals surface area contributed by atoms with E-state index in [1.54, 1.807) is 0 Å². The maximum absolute atomic E-state index is 6.07. The fourth-order valence-electron chi connectivity index (χ4n) is 2.23. The Morgan fingerprint density at radius 3 is 3.16 bits per heavy atom. The Bertz CT molecular complexity index is 609. The molecule has 7 nitrogen and oxygen atoms in total. The first kappa shape index (κ1) is 12.2. The van der Waals surface area contributed by atoms with Crippen molar-refractivity contribution in [2.24, 2.45) is 0 Å². The molecule has 1 aliphatic rings. The minimum Gasteiger partial charge on any atom is -0.382 e. The summed E-state index contributed by atoms with van der Waals surface area (Å²) in [5.41, 5.74) is 5.66. The van der Waals surface area contributed by atoms with Gasteiger partial charge in [-0.2, -0.15) is 5.10 Å². The molecule has 0 amide bonds. The standard InChI is InChI=1S/C11H14ClN7/c1-6-16-8-3-2-7(4-19(8)18-6)17-11-9(12)10(13)14-5-15-11/h5,7H,2-4H2,1H3,(H3,13,14,15,17). The summed E-state index contributed by atoms with van der Waals surface area (Å²) in [5.74, 6) is 2.69. The van der Waals surface area contributed by atoms with E-state index in [4.69, 9.17) is 17.3 Å². The molecule has 0 bridgehead atoms. The van der Waals surface area contributed by atoms with Gasteiger partial charge in [-0.1, -0.05) is 11.6 Å². The molecular weight excluding hydrogens is 266 g/mol. The van der Waals surface area contributed by atoms with Crippen LogP contribution in [0, 0.1) is 6.92 Å². The molecule has 0 aliphatic carbocycles. The second-order valence-corrected chi connectivity index (χ2v) is 4.94. The van der Waals surface area contributed by atoms with Gasteiger partial charge in [-0.25, -0.2) is 19.6 Å². The topological polar surface area (TPSA) is 94.5 Å². The first-order valence-corrected chi connectivity index (χ1v) is 6.44. The molecule has 19 heavy (non-hydrogen) atoms. The number of nitrogen functional groups attached to an aromatic ring is 1. The van der Waals surface area contributed by atoms with E-state index in [0.29, 0.717) is 10.8 Å². The van der Waals surface area contributed by atoms with Gasteiger partial charge >= 0.3 is 0 Å². The molecule has 0 aromatic carbocycles. The van der Waals surface area contributed by atoms with E-state index in [1.807, 2.05) is 11.6 Å². The molecule has 8 heteroatoms. The molecule has 0 spiro atoms. The number of aromatic nitrogens is 5. The average molecular weight is 280 g/mol. The lowest BCUT2D eigenvalue weighted by molar-refractivity contribution is 0.440. The third kappa shape index (κ3) is 2.33. The van der Waals surface area contributed by atoms with E-state index in [0.717, 1.165) is 31.0 Å². The van der Waals surface area contributed by atoms with E-state index >= 15 is 0 Å². The van der Waals surface area contributed by atoms with Gasteiger partial charge in [-0.05, 0) is 13.3 Å². The summed E-state index contributed by atoms with van der Waals surface area (Å²) in [6.07, 6.45) is 3.24. The van der Waals surface area contributed by atoms with Crippen LogP contribution in [-0.4, -0.2) is 30.8 Å². The van der Waals surface area contributed by atoms with Crippen LogP contribution in [0.4, 0.5) is 11.6 Å². The molecule has 3 rings (SSSR count). The molecule has 0 saturated heterocycles. The quantitative estimate of drug-likeness (QED) is 0.853. The molecule has 0 radical (unpaired) electrons. The normalized spacial score (nSPS) is 18.1. The van der Waals surface area contributed by atoms with Crippen LogP contribution in [0.3, 0.4) is 0 Å². The molecular formula is C11H14ClN7. The second kappa shape index (κ2) is 4.65. The number of fused-ring (bicyclic) bond motifs is 1. The fourth-order valence-corrected chi connectivity index (χ4v) is 2.38. The summed E-state index contributed by atoms with van der Waals surface area (Å²) in [6.45, 7) is 2.64. The summed E-state index contributed by atoms with van der Waals surface area (Å²) >= 11 is 6.07. The molecule has 0 fully saturated rings. The third-order valence-electron chi connectivity index (χ3n) is 3.12. The van der Waals surface area contributed by atoms with Crippen molar-refractivity contribution in [3.8, 4) is 0 Å². The monoisotopic (exact) mass is 279 g/mol. The Morgan fingerprint density at radius 1 is 1.47 bits per heavy atom. The molecule has 100 valence electrons. The highest BCUT2D eigenvalue weighted by Gasteiger charge is 2.22. The number of nitrogens with two attached hydrogens (primary N) is 1. The van der Waals surface area contributed by atoms with Crippen LogP contribution in [0.1, 0.15) is 18.1 Å². The van der Waals surface area contributed by atoms with Gasteiger partial charge in [0.1, 0.15) is 28.8 Å². The van der Waals surface area contributed by atoms with Gasteiger partial charge in [0.25, 0.3) is 0 Å². The van der Waals surface area contributed by atoms with Gasteiger partial charge in [0, 0.05) is 12.5 Å². The number of aryl methyl sites for hydroxylation is 2. The highest BCUT2D eigenvalue weighted by atomic mass is 35.5. The first-order chi connectivity index (χ1) is 9.13. The molecule has 2 aromatic rings. The predicted molar refractivity (Wildman–Crippen MR) is 71.9 cm³/mol.